The molecule has 0 radical (unpaired) electrons. The Balaban J connectivity index is 1.59. The maximum absolute atomic E-state index is 12.3. The first-order chi connectivity index (χ1) is 11.7. The molecule has 0 spiro atoms. The van der Waals surface area contributed by atoms with Crippen LogP contribution in [0, 0.1) is 0 Å². The van der Waals surface area contributed by atoms with E-state index in [1.165, 1.54) is 5.56 Å². The van der Waals surface area contributed by atoms with Crippen LogP contribution in [-0.2, 0) is 28.4 Å². The number of ether oxygens (including phenoxy) is 1. The van der Waals surface area contributed by atoms with Gasteiger partial charge in [-0.15, -0.1) is 10.2 Å². The monoisotopic (exact) mass is 328 g/mol. The Morgan fingerprint density at radius 3 is 2.71 bits per heavy atom. The minimum atomic E-state index is -0.0278. The molecule has 24 heavy (non-hydrogen) atoms. The zero-order valence-electron chi connectivity index (χ0n) is 14.1. The van der Waals surface area contributed by atoms with Gasteiger partial charge < -0.3 is 14.6 Å². The van der Waals surface area contributed by atoms with Crippen LogP contribution in [0.3, 0.4) is 0 Å². The molecule has 1 N–H and O–H groups in total. The van der Waals surface area contributed by atoms with Crippen molar-refractivity contribution in [3.63, 3.8) is 0 Å². The molecule has 0 bridgehead atoms. The molecule has 0 unspecified atom stereocenters. The summed E-state index contributed by atoms with van der Waals surface area (Å²) in [4.78, 5) is 12.3. The van der Waals surface area contributed by atoms with Gasteiger partial charge in [-0.2, -0.15) is 0 Å². The van der Waals surface area contributed by atoms with Gasteiger partial charge in [-0.3, -0.25) is 4.79 Å². The summed E-state index contributed by atoms with van der Waals surface area (Å²) in [5, 5.41) is 11.0. The van der Waals surface area contributed by atoms with Crippen LogP contribution in [0.25, 0.3) is 0 Å². The van der Waals surface area contributed by atoms with Gasteiger partial charge in [0.2, 0.25) is 5.91 Å². The molecule has 1 aliphatic heterocycles. The smallest absolute Gasteiger partial charge is 0.220 e. The average molecular weight is 328 g/mol. The first-order valence-corrected chi connectivity index (χ1v) is 8.42. The second-order valence-electron chi connectivity index (χ2n) is 6.39. The van der Waals surface area contributed by atoms with Crippen molar-refractivity contribution >= 4 is 5.91 Å². The quantitative estimate of drug-likeness (QED) is 0.875. The highest BCUT2D eigenvalue weighted by atomic mass is 16.5. The van der Waals surface area contributed by atoms with Gasteiger partial charge in [0, 0.05) is 45.1 Å². The van der Waals surface area contributed by atoms with E-state index in [-0.39, 0.29) is 11.3 Å². The van der Waals surface area contributed by atoms with Crippen molar-refractivity contribution in [3.8, 4) is 0 Å². The number of carbonyl (C=O) groups is 1. The van der Waals surface area contributed by atoms with E-state index >= 15 is 0 Å². The van der Waals surface area contributed by atoms with Crippen LogP contribution in [0.4, 0.5) is 0 Å². The fraction of sp³-hybridized carbons (Fsp3) is 0.500. The zero-order valence-corrected chi connectivity index (χ0v) is 14.1. The third kappa shape index (κ3) is 3.82. The average Bonchev–Trinajstić information content (AvgIpc) is 3.05. The third-order valence-electron chi connectivity index (χ3n) is 4.84. The predicted molar refractivity (Wildman–Crippen MR) is 90.5 cm³/mol. The number of benzene rings is 1. The van der Waals surface area contributed by atoms with Crippen LogP contribution < -0.4 is 5.32 Å². The normalized spacial score (nSPS) is 16.7. The Labute approximate surface area is 142 Å². The van der Waals surface area contributed by atoms with E-state index < -0.39 is 0 Å². The standard InChI is InChI=1S/C18H24N4O2/c1-22-14-20-21-16(22)7-8-17(23)19-13-18(9-11-24-12-10-18)15-5-3-2-4-6-15/h2-6,14H,7-13H2,1H3,(H,19,23). The van der Waals surface area contributed by atoms with Crippen molar-refractivity contribution in [2.75, 3.05) is 19.8 Å². The van der Waals surface area contributed by atoms with Crippen LogP contribution in [0.5, 0.6) is 0 Å². The lowest BCUT2D eigenvalue weighted by Crippen LogP contribution is -2.44. The van der Waals surface area contributed by atoms with E-state index in [2.05, 4.69) is 39.8 Å². The maximum atomic E-state index is 12.3. The Bertz CT molecular complexity index is 663. The van der Waals surface area contributed by atoms with Crippen molar-refractivity contribution in [1.82, 2.24) is 20.1 Å². The van der Waals surface area contributed by atoms with Crippen molar-refractivity contribution < 1.29 is 9.53 Å². The summed E-state index contributed by atoms with van der Waals surface area (Å²) in [6, 6.07) is 10.4. The number of hydrogen-bond acceptors (Lipinski definition) is 4. The molecule has 1 aromatic heterocycles. The molecule has 6 nitrogen and oxygen atoms in total. The number of rotatable bonds is 6. The number of aryl methyl sites for hydroxylation is 2. The largest absolute Gasteiger partial charge is 0.381 e. The molecule has 1 amide bonds. The highest BCUT2D eigenvalue weighted by molar-refractivity contribution is 5.76. The molecule has 0 saturated carbocycles. The molecule has 0 atom stereocenters. The van der Waals surface area contributed by atoms with Gasteiger partial charge in [0.05, 0.1) is 0 Å². The molecule has 128 valence electrons. The molecule has 0 aliphatic carbocycles. The predicted octanol–water partition coefficient (Wildman–Crippen LogP) is 1.61. The van der Waals surface area contributed by atoms with E-state index in [4.69, 9.17) is 4.74 Å². The van der Waals surface area contributed by atoms with E-state index in [1.54, 1.807) is 6.33 Å². The van der Waals surface area contributed by atoms with Gasteiger partial charge in [0.25, 0.3) is 0 Å². The van der Waals surface area contributed by atoms with Crippen molar-refractivity contribution in [2.24, 2.45) is 7.05 Å². The maximum Gasteiger partial charge on any atom is 0.220 e. The lowest BCUT2D eigenvalue weighted by molar-refractivity contribution is -0.121. The van der Waals surface area contributed by atoms with Crippen molar-refractivity contribution in [3.05, 3.63) is 48.0 Å². The molecular weight excluding hydrogens is 304 g/mol. The van der Waals surface area contributed by atoms with E-state index in [0.717, 1.165) is 31.9 Å². The SMILES string of the molecule is Cn1cnnc1CCC(=O)NCC1(c2ccccc2)CCOCC1. The molecular formula is C18H24N4O2. The Morgan fingerprint density at radius 2 is 2.04 bits per heavy atom. The van der Waals surface area contributed by atoms with E-state index in [9.17, 15) is 4.79 Å². The second kappa shape index (κ2) is 7.57. The fourth-order valence-corrected chi connectivity index (χ4v) is 3.24. The molecule has 1 aliphatic rings. The molecule has 2 heterocycles. The fourth-order valence-electron chi connectivity index (χ4n) is 3.24. The van der Waals surface area contributed by atoms with Crippen molar-refractivity contribution in [2.45, 2.75) is 31.1 Å². The van der Waals surface area contributed by atoms with Crippen LogP contribution in [0.2, 0.25) is 0 Å². The lowest BCUT2D eigenvalue weighted by atomic mass is 9.74. The van der Waals surface area contributed by atoms with E-state index in [0.29, 0.717) is 19.4 Å². The molecule has 1 saturated heterocycles. The number of hydrogen-bond donors (Lipinski definition) is 1. The summed E-state index contributed by atoms with van der Waals surface area (Å²) >= 11 is 0. The Kier molecular flexibility index (Phi) is 5.25. The van der Waals surface area contributed by atoms with Crippen molar-refractivity contribution in [1.29, 1.82) is 0 Å². The minimum Gasteiger partial charge on any atom is -0.381 e. The van der Waals surface area contributed by atoms with Gasteiger partial charge in [0.1, 0.15) is 12.2 Å². The van der Waals surface area contributed by atoms with Crippen LogP contribution in [0.15, 0.2) is 36.7 Å². The number of amides is 1. The van der Waals surface area contributed by atoms with Gasteiger partial charge in [-0.05, 0) is 18.4 Å². The Morgan fingerprint density at radius 1 is 1.29 bits per heavy atom. The molecule has 1 fully saturated rings. The summed E-state index contributed by atoms with van der Waals surface area (Å²) in [5.41, 5.74) is 1.25. The highest BCUT2D eigenvalue weighted by Gasteiger charge is 2.34. The number of aromatic nitrogens is 3. The van der Waals surface area contributed by atoms with Gasteiger partial charge in [0.15, 0.2) is 0 Å². The molecule has 6 heteroatoms. The number of nitrogens with zero attached hydrogens (tertiary/aromatic N) is 3. The summed E-state index contributed by atoms with van der Waals surface area (Å²) in [6.07, 6.45) is 4.54. The molecule has 1 aromatic carbocycles. The van der Waals surface area contributed by atoms with Crippen LogP contribution >= 0.6 is 0 Å². The topological polar surface area (TPSA) is 69.0 Å². The first-order valence-electron chi connectivity index (χ1n) is 8.42. The summed E-state index contributed by atoms with van der Waals surface area (Å²) in [6.45, 7) is 2.13. The van der Waals surface area contributed by atoms with Crippen LogP contribution in [0.1, 0.15) is 30.7 Å². The second-order valence-corrected chi connectivity index (χ2v) is 6.39. The summed E-state index contributed by atoms with van der Waals surface area (Å²) in [7, 11) is 1.89. The lowest BCUT2D eigenvalue weighted by Gasteiger charge is -2.38. The first kappa shape index (κ1) is 16.6. The highest BCUT2D eigenvalue weighted by Crippen LogP contribution is 2.34. The van der Waals surface area contributed by atoms with Crippen LogP contribution in [-0.4, -0.2) is 40.4 Å². The van der Waals surface area contributed by atoms with E-state index in [1.807, 2.05) is 17.7 Å². The Hall–Kier alpha value is -2.21. The minimum absolute atomic E-state index is 0.0278. The molecule has 3 rings (SSSR count). The third-order valence-corrected chi connectivity index (χ3v) is 4.84. The molecule has 2 aromatic rings. The summed E-state index contributed by atoms with van der Waals surface area (Å²) < 4.78 is 7.38. The zero-order chi connectivity index (χ0) is 16.8. The number of carbonyl (C=O) groups excluding carboxylic acids is 1. The number of nitrogens with one attached hydrogen (secondary N) is 1. The summed E-state index contributed by atoms with van der Waals surface area (Å²) in [5.74, 6) is 0.883. The van der Waals surface area contributed by atoms with Gasteiger partial charge in [-0.25, -0.2) is 0 Å². The van der Waals surface area contributed by atoms with Gasteiger partial charge >= 0.3 is 0 Å². The van der Waals surface area contributed by atoms with Gasteiger partial charge in [-0.1, -0.05) is 30.3 Å².